The Hall–Kier alpha value is -1.66. The number of nitrogens with zero attached hydrogens (tertiary/aromatic N) is 2. The predicted octanol–water partition coefficient (Wildman–Crippen LogP) is 5.98. The Balaban J connectivity index is 0.000000251. The maximum absolute atomic E-state index is 4.55. The van der Waals surface area contributed by atoms with Gasteiger partial charge in [0.05, 0.1) is 5.69 Å². The SMILES string of the molecule is CC(C)(C)[C-]=Cc1[c-]cccc1.CC(C)(C)c1cn2ccccc2n1.[W+2]. The zero-order valence-corrected chi connectivity index (χ0v) is 19.5. The molecule has 0 N–H and O–H groups in total. The van der Waals surface area contributed by atoms with E-state index in [4.69, 9.17) is 0 Å². The van der Waals surface area contributed by atoms with Gasteiger partial charge in [-0.2, -0.15) is 12.1 Å². The van der Waals surface area contributed by atoms with Gasteiger partial charge in [-0.25, -0.2) is 17.1 Å². The average Bonchev–Trinajstić information content (AvgIpc) is 2.98. The second kappa shape index (κ2) is 9.33. The summed E-state index contributed by atoms with van der Waals surface area (Å²) in [5.74, 6) is 0. The van der Waals surface area contributed by atoms with Gasteiger partial charge < -0.3 is 22.1 Å². The third-order valence-corrected chi connectivity index (χ3v) is 3.53. The van der Waals surface area contributed by atoms with Crippen LogP contribution in [0.1, 0.15) is 52.8 Å². The summed E-state index contributed by atoms with van der Waals surface area (Å²) in [4.78, 5) is 4.55. The number of imidazole rings is 1. The van der Waals surface area contributed by atoms with Crippen LogP contribution in [0.3, 0.4) is 0 Å². The zero-order chi connectivity index (χ0) is 18.5. The second-order valence-electron chi connectivity index (χ2n) is 8.20. The summed E-state index contributed by atoms with van der Waals surface area (Å²) < 4.78 is 2.06. The van der Waals surface area contributed by atoms with Gasteiger partial charge >= 0.3 is 21.1 Å². The Kier molecular flexibility index (Phi) is 8.03. The van der Waals surface area contributed by atoms with Gasteiger partial charge in [-0.1, -0.05) is 47.6 Å². The first-order chi connectivity index (χ1) is 11.6. The second-order valence-corrected chi connectivity index (χ2v) is 8.20. The van der Waals surface area contributed by atoms with Crippen LogP contribution in [0.5, 0.6) is 0 Å². The molecule has 0 saturated heterocycles. The van der Waals surface area contributed by atoms with E-state index >= 15 is 0 Å². The van der Waals surface area contributed by atoms with Crippen LogP contribution in [0.2, 0.25) is 0 Å². The van der Waals surface area contributed by atoms with Crippen molar-refractivity contribution in [3.63, 3.8) is 0 Å². The largest absolute Gasteiger partial charge is 2.00 e. The van der Waals surface area contributed by atoms with Gasteiger partial charge in [0.15, 0.2) is 0 Å². The third kappa shape index (κ3) is 7.30. The summed E-state index contributed by atoms with van der Waals surface area (Å²) in [6.07, 6.45) is 9.39. The maximum atomic E-state index is 4.55. The Labute approximate surface area is 172 Å². The molecule has 0 fully saturated rings. The van der Waals surface area contributed by atoms with E-state index in [1.165, 1.54) is 0 Å². The number of aromatic nitrogens is 2. The number of hydrogen-bond donors (Lipinski definition) is 0. The van der Waals surface area contributed by atoms with Crippen molar-refractivity contribution in [1.82, 2.24) is 9.38 Å². The molecule has 3 rings (SSSR count). The standard InChI is InChI=1S/C12H14.C11H14N2.W/c1-12(2,3)10-9-11-7-5-4-6-8-11;1-11(2,3)9-8-13-7-5-4-6-10(13)12-9;/h4-7,9H,1-3H3;4-8H,1-3H3;/q-2;;+2. The fraction of sp³-hybridized carbons (Fsp3) is 0.348. The monoisotopic (exact) mass is 516 g/mol. The molecule has 0 amide bonds. The molecule has 2 aromatic heterocycles. The van der Waals surface area contributed by atoms with Crippen LogP contribution in [-0.2, 0) is 26.5 Å². The Bertz CT molecular complexity index is 786. The molecule has 0 saturated carbocycles. The summed E-state index contributed by atoms with van der Waals surface area (Å²) in [7, 11) is 0. The van der Waals surface area contributed by atoms with Crippen LogP contribution in [-0.4, -0.2) is 9.38 Å². The Morgan fingerprint density at radius 1 is 1.00 bits per heavy atom. The summed E-state index contributed by atoms with van der Waals surface area (Å²) >= 11 is 0. The Morgan fingerprint density at radius 3 is 2.23 bits per heavy atom. The maximum Gasteiger partial charge on any atom is 2.00 e. The molecule has 2 nitrogen and oxygen atoms in total. The summed E-state index contributed by atoms with van der Waals surface area (Å²) in [5, 5.41) is 0. The minimum absolute atomic E-state index is 0. The van der Waals surface area contributed by atoms with E-state index in [9.17, 15) is 0 Å². The van der Waals surface area contributed by atoms with Crippen molar-refractivity contribution in [2.24, 2.45) is 5.41 Å². The van der Waals surface area contributed by atoms with Gasteiger partial charge in [0, 0.05) is 17.8 Å². The van der Waals surface area contributed by atoms with E-state index in [0.717, 1.165) is 16.9 Å². The van der Waals surface area contributed by atoms with E-state index in [-0.39, 0.29) is 31.9 Å². The molecule has 3 heteroatoms. The minimum atomic E-state index is 0. The van der Waals surface area contributed by atoms with Crippen LogP contribution >= 0.6 is 0 Å². The van der Waals surface area contributed by atoms with Crippen molar-refractivity contribution >= 4 is 11.7 Å². The molecule has 0 unspecified atom stereocenters. The van der Waals surface area contributed by atoms with Crippen molar-refractivity contribution in [3.05, 3.63) is 78.3 Å². The van der Waals surface area contributed by atoms with Crippen molar-refractivity contribution in [2.45, 2.75) is 47.0 Å². The van der Waals surface area contributed by atoms with Crippen LogP contribution in [0.4, 0.5) is 0 Å². The summed E-state index contributed by atoms with van der Waals surface area (Å²) in [6, 6.07) is 17.1. The number of rotatable bonds is 1. The van der Waals surface area contributed by atoms with Gasteiger partial charge in [0.2, 0.25) is 0 Å². The van der Waals surface area contributed by atoms with Crippen molar-refractivity contribution in [1.29, 1.82) is 0 Å². The van der Waals surface area contributed by atoms with Gasteiger partial charge in [0.1, 0.15) is 5.65 Å². The molecular formula is C23H28N2W. The number of fused-ring (bicyclic) bond motifs is 1. The molecule has 2 heterocycles. The first-order valence-corrected chi connectivity index (χ1v) is 8.67. The topological polar surface area (TPSA) is 17.3 Å². The van der Waals surface area contributed by atoms with Crippen molar-refractivity contribution in [2.75, 3.05) is 0 Å². The van der Waals surface area contributed by atoms with E-state index in [2.05, 4.69) is 69.3 Å². The summed E-state index contributed by atoms with van der Waals surface area (Å²) in [5.41, 5.74) is 3.51. The zero-order valence-electron chi connectivity index (χ0n) is 16.6. The first kappa shape index (κ1) is 22.4. The number of benzene rings is 1. The third-order valence-electron chi connectivity index (χ3n) is 3.53. The fourth-order valence-electron chi connectivity index (χ4n) is 2.09. The van der Waals surface area contributed by atoms with Gasteiger partial charge in [-0.05, 0) is 12.1 Å². The van der Waals surface area contributed by atoms with Crippen LogP contribution in [0.15, 0.2) is 54.9 Å². The smallest absolute Gasteiger partial charge is 0.321 e. The van der Waals surface area contributed by atoms with E-state index < -0.39 is 0 Å². The van der Waals surface area contributed by atoms with Crippen molar-refractivity contribution < 1.29 is 21.1 Å². The van der Waals surface area contributed by atoms with Crippen LogP contribution < -0.4 is 0 Å². The summed E-state index contributed by atoms with van der Waals surface area (Å²) in [6.45, 7) is 12.9. The molecule has 136 valence electrons. The number of allylic oxidation sites excluding steroid dienone is 1. The molecule has 0 atom stereocenters. The molecule has 26 heavy (non-hydrogen) atoms. The molecule has 0 aliphatic carbocycles. The van der Waals surface area contributed by atoms with E-state index in [1.807, 2.05) is 54.7 Å². The quantitative estimate of drug-likeness (QED) is 0.364. The number of pyridine rings is 1. The molecule has 1 aromatic carbocycles. The fourth-order valence-corrected chi connectivity index (χ4v) is 2.09. The van der Waals surface area contributed by atoms with Gasteiger partial charge in [-0.3, -0.25) is 0 Å². The predicted molar refractivity (Wildman–Crippen MR) is 106 cm³/mol. The first-order valence-electron chi connectivity index (χ1n) is 8.67. The van der Waals surface area contributed by atoms with E-state index in [1.54, 1.807) is 0 Å². The molecule has 0 radical (unpaired) electrons. The van der Waals surface area contributed by atoms with Gasteiger partial charge in [0.25, 0.3) is 0 Å². The van der Waals surface area contributed by atoms with E-state index in [0.29, 0.717) is 0 Å². The molecule has 0 spiro atoms. The average molecular weight is 516 g/mol. The molecule has 0 aliphatic heterocycles. The molecule has 3 aromatic rings. The minimum Gasteiger partial charge on any atom is -0.321 e. The molecule has 0 bridgehead atoms. The normalized spacial score (nSPS) is 11.8. The number of hydrogen-bond acceptors (Lipinski definition) is 1. The van der Waals surface area contributed by atoms with Crippen LogP contribution in [0, 0.1) is 17.6 Å². The Morgan fingerprint density at radius 2 is 1.69 bits per heavy atom. The molecular weight excluding hydrogens is 488 g/mol. The van der Waals surface area contributed by atoms with Crippen molar-refractivity contribution in [3.8, 4) is 0 Å². The van der Waals surface area contributed by atoms with Crippen LogP contribution in [0.25, 0.3) is 11.7 Å². The van der Waals surface area contributed by atoms with Gasteiger partial charge in [-0.15, -0.1) is 11.5 Å². The molecule has 0 aliphatic rings.